The summed E-state index contributed by atoms with van der Waals surface area (Å²) in [5.41, 5.74) is 8.56. The number of hydrogen-bond acceptors (Lipinski definition) is 2. The lowest BCUT2D eigenvalue weighted by Crippen LogP contribution is -2.19. The lowest BCUT2D eigenvalue weighted by atomic mass is 9.87. The Morgan fingerprint density at radius 3 is 2.57 bits per heavy atom. The van der Waals surface area contributed by atoms with Crippen LogP contribution >= 0.6 is 0 Å². The molecule has 0 spiro atoms. The summed E-state index contributed by atoms with van der Waals surface area (Å²) in [5, 5.41) is 0. The molecule has 2 N–H and O–H groups in total. The Kier molecular flexibility index (Phi) is 3.27. The number of rotatable bonds is 2. The van der Waals surface area contributed by atoms with Crippen molar-refractivity contribution in [1.29, 1.82) is 0 Å². The molecule has 2 nitrogen and oxygen atoms in total. The predicted molar refractivity (Wildman–Crippen MR) is 60.0 cm³/mol. The molecule has 2 heteroatoms. The fraction of sp³-hybridized carbons (Fsp3) is 0.583. The van der Waals surface area contributed by atoms with Gasteiger partial charge in [-0.05, 0) is 36.5 Å². The van der Waals surface area contributed by atoms with Gasteiger partial charge in [-0.15, -0.1) is 0 Å². The summed E-state index contributed by atoms with van der Waals surface area (Å²) in [6, 6.07) is 4.11. The zero-order valence-corrected chi connectivity index (χ0v) is 9.54. The van der Waals surface area contributed by atoms with Crippen LogP contribution in [0.5, 0.6) is 0 Å². The normalized spacial score (nSPS) is 14.1. The summed E-state index contributed by atoms with van der Waals surface area (Å²) in [6.07, 6.45) is 2.79. The number of pyridine rings is 1. The van der Waals surface area contributed by atoms with E-state index in [-0.39, 0.29) is 11.5 Å². The topological polar surface area (TPSA) is 38.9 Å². The van der Waals surface area contributed by atoms with Crippen LogP contribution in [-0.4, -0.2) is 4.98 Å². The van der Waals surface area contributed by atoms with Gasteiger partial charge in [0.2, 0.25) is 0 Å². The molecule has 1 rings (SSSR count). The van der Waals surface area contributed by atoms with Gasteiger partial charge in [0.25, 0.3) is 0 Å². The third-order valence-electron chi connectivity index (χ3n) is 2.15. The van der Waals surface area contributed by atoms with Crippen molar-refractivity contribution < 1.29 is 0 Å². The Hall–Kier alpha value is -0.890. The summed E-state index contributed by atoms with van der Waals surface area (Å²) < 4.78 is 0. The van der Waals surface area contributed by atoms with Gasteiger partial charge >= 0.3 is 0 Å². The second kappa shape index (κ2) is 4.09. The van der Waals surface area contributed by atoms with Crippen molar-refractivity contribution in [3.05, 3.63) is 29.6 Å². The maximum atomic E-state index is 6.09. The van der Waals surface area contributed by atoms with Crippen LogP contribution < -0.4 is 5.73 Å². The van der Waals surface area contributed by atoms with Crippen LogP contribution in [0.2, 0.25) is 0 Å². The minimum Gasteiger partial charge on any atom is -0.323 e. The van der Waals surface area contributed by atoms with Crippen molar-refractivity contribution in [2.75, 3.05) is 0 Å². The van der Waals surface area contributed by atoms with Gasteiger partial charge in [-0.1, -0.05) is 20.8 Å². The van der Waals surface area contributed by atoms with E-state index in [9.17, 15) is 0 Å². The van der Waals surface area contributed by atoms with Crippen LogP contribution in [0, 0.1) is 12.3 Å². The maximum absolute atomic E-state index is 6.09. The summed E-state index contributed by atoms with van der Waals surface area (Å²) in [7, 11) is 0. The first-order valence-electron chi connectivity index (χ1n) is 5.06. The molecule has 0 amide bonds. The fourth-order valence-corrected chi connectivity index (χ4v) is 1.53. The lowest BCUT2D eigenvalue weighted by Gasteiger charge is -2.22. The number of aryl methyl sites for hydroxylation is 1. The molecule has 0 unspecified atom stereocenters. The first-order valence-corrected chi connectivity index (χ1v) is 5.06. The third-order valence-corrected chi connectivity index (χ3v) is 2.15. The lowest BCUT2D eigenvalue weighted by molar-refractivity contribution is 0.340. The van der Waals surface area contributed by atoms with Crippen molar-refractivity contribution in [2.45, 2.75) is 40.2 Å². The van der Waals surface area contributed by atoms with Crippen molar-refractivity contribution >= 4 is 0 Å². The van der Waals surface area contributed by atoms with E-state index in [0.29, 0.717) is 0 Å². The van der Waals surface area contributed by atoms with Gasteiger partial charge in [0.05, 0.1) is 5.69 Å². The standard InChI is InChI=1S/C12H20N2/c1-9-5-6-14-11(7-9)10(13)8-12(2,3)4/h5-7,10H,8,13H2,1-4H3/t10-/m0/s1. The summed E-state index contributed by atoms with van der Waals surface area (Å²) in [5.74, 6) is 0. The Labute approximate surface area is 86.5 Å². The zero-order valence-electron chi connectivity index (χ0n) is 9.54. The Morgan fingerprint density at radius 1 is 1.43 bits per heavy atom. The van der Waals surface area contributed by atoms with E-state index in [2.05, 4.69) is 38.7 Å². The van der Waals surface area contributed by atoms with E-state index < -0.39 is 0 Å². The molecule has 0 aliphatic rings. The average Bonchev–Trinajstić information content (AvgIpc) is 2.01. The molecule has 1 aromatic heterocycles. The van der Waals surface area contributed by atoms with Crippen LogP contribution in [0.1, 0.15) is 44.5 Å². The van der Waals surface area contributed by atoms with E-state index in [1.807, 2.05) is 12.3 Å². The Morgan fingerprint density at radius 2 is 2.07 bits per heavy atom. The van der Waals surface area contributed by atoms with E-state index in [0.717, 1.165) is 12.1 Å². The molecule has 1 heterocycles. The zero-order chi connectivity index (χ0) is 10.8. The second-order valence-electron chi connectivity index (χ2n) is 5.13. The molecule has 0 saturated heterocycles. The molecule has 0 aliphatic carbocycles. The molecular formula is C12H20N2. The SMILES string of the molecule is Cc1ccnc([C@@H](N)CC(C)(C)C)c1. The van der Waals surface area contributed by atoms with Gasteiger partial charge in [0, 0.05) is 12.2 Å². The first kappa shape index (κ1) is 11.2. The van der Waals surface area contributed by atoms with Gasteiger partial charge in [-0.3, -0.25) is 4.98 Å². The van der Waals surface area contributed by atoms with E-state index in [1.54, 1.807) is 0 Å². The Balaban J connectivity index is 2.74. The van der Waals surface area contributed by atoms with Gasteiger partial charge in [0.15, 0.2) is 0 Å². The monoisotopic (exact) mass is 192 g/mol. The first-order chi connectivity index (χ1) is 6.38. The molecule has 0 bridgehead atoms. The second-order valence-corrected chi connectivity index (χ2v) is 5.13. The van der Waals surface area contributed by atoms with Gasteiger partial charge in [-0.25, -0.2) is 0 Å². The van der Waals surface area contributed by atoms with Crippen LogP contribution in [0.3, 0.4) is 0 Å². The van der Waals surface area contributed by atoms with Crippen molar-refractivity contribution in [3.63, 3.8) is 0 Å². The van der Waals surface area contributed by atoms with Crippen molar-refractivity contribution in [2.24, 2.45) is 11.1 Å². The van der Waals surface area contributed by atoms with E-state index in [1.165, 1.54) is 5.56 Å². The van der Waals surface area contributed by atoms with Gasteiger partial charge in [0.1, 0.15) is 0 Å². The highest BCUT2D eigenvalue weighted by atomic mass is 14.8. The largest absolute Gasteiger partial charge is 0.323 e. The minimum atomic E-state index is 0.0508. The molecule has 78 valence electrons. The Bertz CT molecular complexity index is 299. The predicted octanol–water partition coefficient (Wildman–Crippen LogP) is 2.83. The number of nitrogens with zero attached hydrogens (tertiary/aromatic N) is 1. The summed E-state index contributed by atoms with van der Waals surface area (Å²) >= 11 is 0. The molecule has 1 aromatic rings. The molecule has 1 atom stereocenters. The molecule has 0 radical (unpaired) electrons. The fourth-order valence-electron chi connectivity index (χ4n) is 1.53. The highest BCUT2D eigenvalue weighted by Gasteiger charge is 2.17. The van der Waals surface area contributed by atoms with Crippen molar-refractivity contribution in [1.82, 2.24) is 4.98 Å². The third kappa shape index (κ3) is 3.46. The van der Waals surface area contributed by atoms with Crippen LogP contribution in [-0.2, 0) is 0 Å². The summed E-state index contributed by atoms with van der Waals surface area (Å²) in [4.78, 5) is 4.30. The number of aromatic nitrogens is 1. The van der Waals surface area contributed by atoms with Gasteiger partial charge < -0.3 is 5.73 Å². The van der Waals surface area contributed by atoms with E-state index >= 15 is 0 Å². The van der Waals surface area contributed by atoms with Crippen LogP contribution in [0.25, 0.3) is 0 Å². The van der Waals surface area contributed by atoms with Gasteiger partial charge in [-0.2, -0.15) is 0 Å². The molecule has 0 aliphatic heterocycles. The number of hydrogen-bond donors (Lipinski definition) is 1. The maximum Gasteiger partial charge on any atom is 0.0573 e. The molecular weight excluding hydrogens is 172 g/mol. The van der Waals surface area contributed by atoms with E-state index in [4.69, 9.17) is 5.73 Å². The molecule has 0 fully saturated rings. The van der Waals surface area contributed by atoms with Crippen LogP contribution in [0.15, 0.2) is 18.3 Å². The smallest absolute Gasteiger partial charge is 0.0573 e. The molecule has 14 heavy (non-hydrogen) atoms. The molecule has 0 aromatic carbocycles. The van der Waals surface area contributed by atoms with Crippen molar-refractivity contribution in [3.8, 4) is 0 Å². The van der Waals surface area contributed by atoms with Crippen LogP contribution in [0.4, 0.5) is 0 Å². The molecule has 0 saturated carbocycles. The average molecular weight is 192 g/mol. The highest BCUT2D eigenvalue weighted by Crippen LogP contribution is 2.26. The number of nitrogens with two attached hydrogens (primary N) is 1. The minimum absolute atomic E-state index is 0.0508. The summed E-state index contributed by atoms with van der Waals surface area (Å²) in [6.45, 7) is 8.66. The highest BCUT2D eigenvalue weighted by molar-refractivity contribution is 5.17. The quantitative estimate of drug-likeness (QED) is 0.782.